The van der Waals surface area contributed by atoms with Crippen molar-refractivity contribution in [1.82, 2.24) is 0 Å². The minimum absolute atomic E-state index is 0.171. The van der Waals surface area contributed by atoms with Gasteiger partial charge < -0.3 is 4.90 Å². The van der Waals surface area contributed by atoms with Gasteiger partial charge in [0.1, 0.15) is 11.5 Å². The Kier molecular flexibility index (Phi) is 5.41. The van der Waals surface area contributed by atoms with Crippen molar-refractivity contribution in [3.8, 4) is 0 Å². The lowest BCUT2D eigenvalue weighted by Gasteiger charge is -2.37. The highest BCUT2D eigenvalue weighted by Crippen LogP contribution is 2.61. The molecule has 7 nitrogen and oxygen atoms in total. The molecule has 0 aromatic heterocycles. The SMILES string of the molecule is Cc1ccc(C(=O)[C@H]2[C@H](c3cccc([N+](=O)[O-])c3)C3(C(=O)c4ccccc4C3=O)[C@H]3C=Cc4ccccc4N23)cc1. The third-order valence-corrected chi connectivity index (χ3v) is 8.76. The smallest absolute Gasteiger partial charge is 0.269 e. The zero-order chi connectivity index (χ0) is 28.5. The first kappa shape index (κ1) is 24.8. The molecular weight excluding hydrogens is 516 g/mol. The number of Topliss-reactive ketones (excluding diaryl/α,β-unsaturated/α-hetero) is 3. The Balaban J connectivity index is 1.56. The largest absolute Gasteiger partial charge is 0.352 e. The van der Waals surface area contributed by atoms with E-state index in [9.17, 15) is 24.5 Å². The van der Waals surface area contributed by atoms with E-state index in [0.29, 0.717) is 22.3 Å². The Morgan fingerprint density at radius 2 is 1.51 bits per heavy atom. The van der Waals surface area contributed by atoms with E-state index >= 15 is 0 Å². The molecule has 3 atom stereocenters. The molecule has 0 amide bonds. The second-order valence-electron chi connectivity index (χ2n) is 10.8. The monoisotopic (exact) mass is 540 g/mol. The molecule has 1 fully saturated rings. The summed E-state index contributed by atoms with van der Waals surface area (Å²) in [4.78, 5) is 57.1. The molecular formula is C34H24N2O5. The Morgan fingerprint density at radius 1 is 0.854 bits per heavy atom. The molecule has 4 aromatic carbocycles. The van der Waals surface area contributed by atoms with Gasteiger partial charge in [0.15, 0.2) is 17.3 Å². The molecule has 1 saturated heterocycles. The number of hydrogen-bond acceptors (Lipinski definition) is 6. The Hall–Kier alpha value is -5.17. The average Bonchev–Trinajstić information content (AvgIpc) is 3.43. The van der Waals surface area contributed by atoms with Crippen LogP contribution in [0.3, 0.4) is 0 Å². The maximum atomic E-state index is 14.6. The first-order valence-corrected chi connectivity index (χ1v) is 13.4. The van der Waals surface area contributed by atoms with Crippen LogP contribution in [0.4, 0.5) is 11.4 Å². The van der Waals surface area contributed by atoms with Crippen molar-refractivity contribution in [2.45, 2.75) is 24.9 Å². The molecule has 0 saturated carbocycles. The highest BCUT2D eigenvalue weighted by atomic mass is 16.6. The van der Waals surface area contributed by atoms with Gasteiger partial charge in [-0.05, 0) is 24.1 Å². The van der Waals surface area contributed by atoms with Crippen molar-refractivity contribution < 1.29 is 19.3 Å². The summed E-state index contributed by atoms with van der Waals surface area (Å²) in [5.74, 6) is -1.99. The van der Waals surface area contributed by atoms with Crippen LogP contribution in [0.1, 0.15) is 53.7 Å². The zero-order valence-corrected chi connectivity index (χ0v) is 22.1. The fourth-order valence-electron chi connectivity index (χ4n) is 7.01. The number of carbonyl (C=O) groups excluding carboxylic acids is 3. The Labute approximate surface area is 235 Å². The van der Waals surface area contributed by atoms with E-state index in [1.54, 1.807) is 48.5 Å². The zero-order valence-electron chi connectivity index (χ0n) is 22.1. The van der Waals surface area contributed by atoms with Gasteiger partial charge in [0.25, 0.3) is 5.69 Å². The average molecular weight is 541 g/mol. The van der Waals surface area contributed by atoms with Gasteiger partial charge in [-0.1, -0.05) is 96.6 Å². The van der Waals surface area contributed by atoms with Crippen LogP contribution in [0.25, 0.3) is 6.08 Å². The number of nitrogens with zero attached hydrogens (tertiary/aromatic N) is 2. The van der Waals surface area contributed by atoms with Gasteiger partial charge in [-0.15, -0.1) is 0 Å². The van der Waals surface area contributed by atoms with Crippen LogP contribution in [0.5, 0.6) is 0 Å². The number of ketones is 3. The summed E-state index contributed by atoms with van der Waals surface area (Å²) in [7, 11) is 0. The van der Waals surface area contributed by atoms with Crippen molar-refractivity contribution in [2.75, 3.05) is 4.90 Å². The molecule has 0 bridgehead atoms. The van der Waals surface area contributed by atoms with E-state index in [4.69, 9.17) is 0 Å². The van der Waals surface area contributed by atoms with Crippen LogP contribution in [0, 0.1) is 22.5 Å². The van der Waals surface area contributed by atoms with Gasteiger partial charge in [0, 0.05) is 40.4 Å². The fraction of sp³-hybridized carbons (Fsp3) is 0.147. The molecule has 7 rings (SSSR count). The van der Waals surface area contributed by atoms with Gasteiger partial charge in [-0.3, -0.25) is 24.5 Å². The van der Waals surface area contributed by atoms with Crippen LogP contribution in [-0.4, -0.2) is 34.4 Å². The third-order valence-electron chi connectivity index (χ3n) is 8.76. The number of carbonyl (C=O) groups is 3. The minimum atomic E-state index is -1.70. The lowest BCUT2D eigenvalue weighted by atomic mass is 9.64. The number of non-ortho nitro benzene ring substituents is 1. The highest BCUT2D eigenvalue weighted by Gasteiger charge is 2.71. The number of para-hydroxylation sites is 1. The maximum absolute atomic E-state index is 14.6. The number of nitro groups is 1. The fourth-order valence-corrected chi connectivity index (χ4v) is 7.01. The van der Waals surface area contributed by atoms with E-state index < -0.39 is 28.3 Å². The Bertz CT molecular complexity index is 1790. The second-order valence-corrected chi connectivity index (χ2v) is 10.8. The van der Waals surface area contributed by atoms with Gasteiger partial charge in [-0.25, -0.2) is 0 Å². The van der Waals surface area contributed by atoms with Crippen LogP contribution in [0.2, 0.25) is 0 Å². The van der Waals surface area contributed by atoms with Gasteiger partial charge >= 0.3 is 0 Å². The first-order chi connectivity index (χ1) is 19.8. The molecule has 0 N–H and O–H groups in total. The summed E-state index contributed by atoms with van der Waals surface area (Å²) in [6.07, 6.45) is 3.74. The predicted octanol–water partition coefficient (Wildman–Crippen LogP) is 6.22. The summed E-state index contributed by atoms with van der Waals surface area (Å²) >= 11 is 0. The molecule has 1 aliphatic carbocycles. The number of aryl methyl sites for hydroxylation is 1. The summed E-state index contributed by atoms with van der Waals surface area (Å²) < 4.78 is 0. The van der Waals surface area contributed by atoms with Gasteiger partial charge in [-0.2, -0.15) is 0 Å². The van der Waals surface area contributed by atoms with Crippen LogP contribution < -0.4 is 4.90 Å². The van der Waals surface area contributed by atoms with Crippen LogP contribution in [0.15, 0.2) is 103 Å². The minimum Gasteiger partial charge on any atom is -0.352 e. The summed E-state index contributed by atoms with van der Waals surface area (Å²) in [5.41, 5.74) is 2.16. The Morgan fingerprint density at radius 3 is 2.20 bits per heavy atom. The summed E-state index contributed by atoms with van der Waals surface area (Å²) in [6, 6.07) is 25.8. The van der Waals surface area contributed by atoms with Gasteiger partial charge in [0.05, 0.1) is 11.0 Å². The van der Waals surface area contributed by atoms with Crippen molar-refractivity contribution in [1.29, 1.82) is 0 Å². The van der Waals surface area contributed by atoms with Crippen LogP contribution in [-0.2, 0) is 0 Å². The van der Waals surface area contributed by atoms with E-state index in [0.717, 1.165) is 16.8 Å². The summed E-state index contributed by atoms with van der Waals surface area (Å²) in [5, 5.41) is 11.9. The first-order valence-electron chi connectivity index (χ1n) is 13.4. The number of anilines is 1. The lowest BCUT2D eigenvalue weighted by molar-refractivity contribution is -0.384. The molecule has 7 heteroatoms. The third kappa shape index (κ3) is 3.35. The normalized spacial score (nSPS) is 21.5. The van der Waals surface area contributed by atoms with Crippen molar-refractivity contribution in [2.24, 2.45) is 5.41 Å². The van der Waals surface area contributed by atoms with Crippen molar-refractivity contribution in [3.05, 3.63) is 147 Å². The van der Waals surface area contributed by atoms with Crippen molar-refractivity contribution >= 4 is 34.8 Å². The molecule has 0 radical (unpaired) electrons. The van der Waals surface area contributed by atoms with Crippen molar-refractivity contribution in [3.63, 3.8) is 0 Å². The molecule has 2 heterocycles. The predicted molar refractivity (Wildman–Crippen MR) is 154 cm³/mol. The molecule has 0 unspecified atom stereocenters. The second kappa shape index (κ2) is 8.93. The molecule has 200 valence electrons. The lowest BCUT2D eigenvalue weighted by Crippen LogP contribution is -2.48. The molecule has 3 aliphatic rings. The quantitative estimate of drug-likeness (QED) is 0.132. The molecule has 1 spiro atoms. The number of benzene rings is 4. The maximum Gasteiger partial charge on any atom is 0.269 e. The topological polar surface area (TPSA) is 97.6 Å². The number of nitro benzene ring substituents is 1. The van der Waals surface area contributed by atoms with E-state index in [2.05, 4.69) is 0 Å². The molecule has 41 heavy (non-hydrogen) atoms. The highest BCUT2D eigenvalue weighted by molar-refractivity contribution is 6.32. The molecule has 2 aliphatic heterocycles. The standard InChI is InChI=1S/C34H24N2O5/c1-20-13-15-22(16-14-20)31(37)30-29(23-8-6-9-24(19-23)36(40)41)34(32(38)25-10-3-4-11-26(25)33(34)39)28-18-17-21-7-2-5-12-27(21)35(28)30/h2-19,28-30H,1H3/t28-,29+,30-/m1/s1. The van der Waals surface area contributed by atoms with Gasteiger partial charge in [0.2, 0.25) is 0 Å². The molecule has 4 aromatic rings. The number of rotatable bonds is 4. The van der Waals surface area contributed by atoms with E-state index in [-0.39, 0.29) is 23.0 Å². The van der Waals surface area contributed by atoms with E-state index in [1.165, 1.54) is 12.1 Å². The van der Waals surface area contributed by atoms with Crippen LogP contribution >= 0.6 is 0 Å². The summed E-state index contributed by atoms with van der Waals surface area (Å²) in [6.45, 7) is 1.93. The van der Waals surface area contributed by atoms with E-state index in [1.807, 2.05) is 60.4 Å². The number of hydrogen-bond donors (Lipinski definition) is 0. The number of fused-ring (bicyclic) bond motifs is 5.